The van der Waals surface area contributed by atoms with Gasteiger partial charge in [0.1, 0.15) is 10.7 Å². The van der Waals surface area contributed by atoms with Gasteiger partial charge in [-0.25, -0.2) is 13.4 Å². The van der Waals surface area contributed by atoms with Gasteiger partial charge in [-0.3, -0.25) is 4.79 Å². The maximum Gasteiger partial charge on any atom is 0.308 e. The maximum absolute atomic E-state index is 12.9. The van der Waals surface area contributed by atoms with E-state index in [-0.39, 0.29) is 4.90 Å². The van der Waals surface area contributed by atoms with Crippen molar-refractivity contribution in [3.63, 3.8) is 0 Å². The summed E-state index contributed by atoms with van der Waals surface area (Å²) >= 11 is 0. The first kappa shape index (κ1) is 16.2. The van der Waals surface area contributed by atoms with Crippen molar-refractivity contribution in [1.82, 2.24) is 9.29 Å². The minimum absolute atomic E-state index is 0.188. The molecule has 1 aromatic heterocycles. The SMILES string of the molecule is O=C(O)C1CCCN(c2ncccc2S(=O)(=O)N2CCCC2)C1. The van der Waals surface area contributed by atoms with Gasteiger partial charge in [-0.1, -0.05) is 0 Å². The van der Waals surface area contributed by atoms with E-state index in [0.29, 0.717) is 38.4 Å². The number of sulfonamides is 1. The molecule has 3 rings (SSSR count). The predicted octanol–water partition coefficient (Wildman–Crippen LogP) is 1.17. The van der Waals surface area contributed by atoms with Gasteiger partial charge in [-0.2, -0.15) is 4.31 Å². The number of carboxylic acids is 1. The maximum atomic E-state index is 12.9. The summed E-state index contributed by atoms with van der Waals surface area (Å²) in [6.45, 7) is 2.00. The number of hydrogen-bond acceptors (Lipinski definition) is 5. The molecule has 2 aliphatic rings. The van der Waals surface area contributed by atoms with Gasteiger partial charge < -0.3 is 10.0 Å². The summed E-state index contributed by atoms with van der Waals surface area (Å²) in [4.78, 5) is 17.5. The van der Waals surface area contributed by atoms with Crippen molar-refractivity contribution in [3.8, 4) is 0 Å². The first-order valence-electron chi connectivity index (χ1n) is 7.93. The second-order valence-corrected chi connectivity index (χ2v) is 7.97. The van der Waals surface area contributed by atoms with Crippen LogP contribution in [0, 0.1) is 5.92 Å². The zero-order chi connectivity index (χ0) is 16.4. The third-order valence-corrected chi connectivity index (χ3v) is 6.42. The smallest absolute Gasteiger partial charge is 0.308 e. The standard InChI is InChI=1S/C15H21N3O4S/c19-15(20)12-5-4-8-17(11-12)14-13(6-3-7-16-14)23(21,22)18-9-1-2-10-18/h3,6-7,12H,1-2,4-5,8-11H2,(H,19,20). The van der Waals surface area contributed by atoms with Gasteiger partial charge in [0.05, 0.1) is 5.92 Å². The molecule has 0 bridgehead atoms. The Morgan fingerprint density at radius 1 is 1.22 bits per heavy atom. The van der Waals surface area contributed by atoms with E-state index in [4.69, 9.17) is 0 Å². The molecule has 0 saturated carbocycles. The molecule has 2 aliphatic heterocycles. The average Bonchev–Trinajstić information content (AvgIpc) is 3.10. The fourth-order valence-electron chi connectivity index (χ4n) is 3.26. The van der Waals surface area contributed by atoms with Gasteiger partial charge in [0.15, 0.2) is 0 Å². The highest BCUT2D eigenvalue weighted by Gasteiger charge is 2.33. The minimum Gasteiger partial charge on any atom is -0.481 e. The Balaban J connectivity index is 1.93. The van der Waals surface area contributed by atoms with Gasteiger partial charge >= 0.3 is 5.97 Å². The fraction of sp³-hybridized carbons (Fsp3) is 0.600. The van der Waals surface area contributed by atoms with Crippen LogP contribution in [0.5, 0.6) is 0 Å². The van der Waals surface area contributed by atoms with E-state index in [9.17, 15) is 18.3 Å². The lowest BCUT2D eigenvalue weighted by Crippen LogP contribution is -2.40. The molecule has 3 heterocycles. The number of carboxylic acid groups (broad SMARTS) is 1. The normalized spacial score (nSPS) is 23.1. The molecule has 0 amide bonds. The van der Waals surface area contributed by atoms with Crippen molar-refractivity contribution in [2.45, 2.75) is 30.6 Å². The Hall–Kier alpha value is -1.67. The van der Waals surface area contributed by atoms with E-state index in [1.165, 1.54) is 4.31 Å². The molecule has 0 aliphatic carbocycles. The number of carbonyl (C=O) groups is 1. The number of aromatic nitrogens is 1. The number of piperidine rings is 1. The van der Waals surface area contributed by atoms with Crippen LogP contribution in [0.25, 0.3) is 0 Å². The summed E-state index contributed by atoms with van der Waals surface area (Å²) in [5.41, 5.74) is 0. The Labute approximate surface area is 136 Å². The molecule has 23 heavy (non-hydrogen) atoms. The van der Waals surface area contributed by atoms with Gasteiger partial charge in [0.2, 0.25) is 10.0 Å². The van der Waals surface area contributed by atoms with Crippen molar-refractivity contribution in [2.24, 2.45) is 5.92 Å². The minimum atomic E-state index is -3.57. The van der Waals surface area contributed by atoms with Crippen molar-refractivity contribution in [3.05, 3.63) is 18.3 Å². The molecular formula is C15H21N3O4S. The van der Waals surface area contributed by atoms with Gasteiger partial charge in [-0.05, 0) is 37.8 Å². The van der Waals surface area contributed by atoms with Crippen molar-refractivity contribution < 1.29 is 18.3 Å². The van der Waals surface area contributed by atoms with E-state index in [0.717, 1.165) is 19.3 Å². The molecule has 0 aromatic carbocycles. The van der Waals surface area contributed by atoms with Crippen LogP contribution in [0.2, 0.25) is 0 Å². The van der Waals surface area contributed by atoms with E-state index in [1.54, 1.807) is 23.2 Å². The molecule has 2 saturated heterocycles. The van der Waals surface area contributed by atoms with Crippen LogP contribution in [-0.4, -0.2) is 55.0 Å². The second-order valence-electron chi connectivity index (χ2n) is 6.06. The molecular weight excluding hydrogens is 318 g/mol. The number of rotatable bonds is 4. The molecule has 1 atom stereocenters. The summed E-state index contributed by atoms with van der Waals surface area (Å²) < 4.78 is 27.2. The molecule has 7 nitrogen and oxygen atoms in total. The van der Waals surface area contributed by atoms with Gasteiger partial charge in [0, 0.05) is 32.4 Å². The van der Waals surface area contributed by atoms with E-state index < -0.39 is 21.9 Å². The summed E-state index contributed by atoms with van der Waals surface area (Å²) in [5.74, 6) is -0.937. The number of pyridine rings is 1. The largest absolute Gasteiger partial charge is 0.481 e. The Bertz CT molecular complexity index is 686. The second kappa shape index (κ2) is 6.45. The van der Waals surface area contributed by atoms with Crippen LogP contribution in [0.4, 0.5) is 5.82 Å². The number of nitrogens with zero attached hydrogens (tertiary/aromatic N) is 3. The molecule has 1 aromatic rings. The van der Waals surface area contributed by atoms with Crippen LogP contribution in [0.1, 0.15) is 25.7 Å². The lowest BCUT2D eigenvalue weighted by Gasteiger charge is -2.33. The third kappa shape index (κ3) is 3.18. The van der Waals surface area contributed by atoms with Crippen LogP contribution >= 0.6 is 0 Å². The van der Waals surface area contributed by atoms with Crippen LogP contribution in [0.15, 0.2) is 23.2 Å². The molecule has 126 valence electrons. The average molecular weight is 339 g/mol. The van der Waals surface area contributed by atoms with E-state index in [2.05, 4.69) is 4.98 Å². The van der Waals surface area contributed by atoms with Gasteiger partial charge in [0.25, 0.3) is 0 Å². The lowest BCUT2D eigenvalue weighted by molar-refractivity contribution is -0.141. The Morgan fingerprint density at radius 2 is 1.96 bits per heavy atom. The zero-order valence-corrected chi connectivity index (χ0v) is 13.7. The molecule has 0 radical (unpaired) electrons. The number of anilines is 1. The lowest BCUT2D eigenvalue weighted by atomic mass is 9.98. The highest BCUT2D eigenvalue weighted by molar-refractivity contribution is 7.89. The molecule has 1 N–H and O–H groups in total. The highest BCUT2D eigenvalue weighted by Crippen LogP contribution is 2.30. The van der Waals surface area contributed by atoms with Gasteiger partial charge in [-0.15, -0.1) is 0 Å². The van der Waals surface area contributed by atoms with Crippen LogP contribution in [0.3, 0.4) is 0 Å². The van der Waals surface area contributed by atoms with Crippen molar-refractivity contribution >= 4 is 21.8 Å². The Morgan fingerprint density at radius 3 is 2.65 bits per heavy atom. The summed E-state index contributed by atoms with van der Waals surface area (Å²) in [7, 11) is -3.57. The van der Waals surface area contributed by atoms with Crippen LogP contribution in [-0.2, 0) is 14.8 Å². The van der Waals surface area contributed by atoms with E-state index >= 15 is 0 Å². The first-order valence-corrected chi connectivity index (χ1v) is 9.37. The topological polar surface area (TPSA) is 90.8 Å². The first-order chi connectivity index (χ1) is 11.0. The highest BCUT2D eigenvalue weighted by atomic mass is 32.2. The van der Waals surface area contributed by atoms with E-state index in [1.807, 2.05) is 0 Å². The molecule has 1 unspecified atom stereocenters. The van der Waals surface area contributed by atoms with Crippen molar-refractivity contribution in [1.29, 1.82) is 0 Å². The summed E-state index contributed by atoms with van der Waals surface area (Å²) in [6, 6.07) is 3.19. The Kier molecular flexibility index (Phi) is 4.54. The summed E-state index contributed by atoms with van der Waals surface area (Å²) in [6.07, 6.45) is 4.64. The van der Waals surface area contributed by atoms with Crippen LogP contribution < -0.4 is 4.90 Å². The zero-order valence-electron chi connectivity index (χ0n) is 12.9. The quantitative estimate of drug-likeness (QED) is 0.885. The number of hydrogen-bond donors (Lipinski definition) is 1. The fourth-order valence-corrected chi connectivity index (χ4v) is 4.94. The molecule has 8 heteroatoms. The molecule has 0 spiro atoms. The monoisotopic (exact) mass is 339 g/mol. The predicted molar refractivity (Wildman–Crippen MR) is 84.8 cm³/mol. The third-order valence-electron chi connectivity index (χ3n) is 4.50. The molecule has 2 fully saturated rings. The number of aliphatic carboxylic acids is 1. The summed E-state index contributed by atoms with van der Waals surface area (Å²) in [5, 5.41) is 9.23. The van der Waals surface area contributed by atoms with Crippen molar-refractivity contribution in [2.75, 3.05) is 31.1 Å².